The normalized spacial score (nSPS) is 19.4. The summed E-state index contributed by atoms with van der Waals surface area (Å²) in [6.07, 6.45) is 7.84. The molecule has 0 spiro atoms. The number of carbonyl (C=O) groups excluding carboxylic acids is 2. The zero-order valence-corrected chi connectivity index (χ0v) is 18.6. The molecule has 1 saturated carbocycles. The number of aromatic nitrogens is 3. The van der Waals surface area contributed by atoms with Crippen LogP contribution >= 0.6 is 0 Å². The molecule has 6 rings (SSSR count). The number of rotatable bonds is 5. The first-order valence-electron chi connectivity index (χ1n) is 12.7. The first-order chi connectivity index (χ1) is 17.7. The number of benzene rings is 1. The number of carbonyl (C=O) groups is 2. The molecule has 2 aliphatic heterocycles. The van der Waals surface area contributed by atoms with E-state index in [-0.39, 0.29) is 18.6 Å². The Morgan fingerprint density at radius 3 is 2.82 bits per heavy atom. The third-order valence-corrected chi connectivity index (χ3v) is 6.48. The Hall–Kier alpha value is -3.88. The fourth-order valence-corrected chi connectivity index (χ4v) is 4.53. The van der Waals surface area contributed by atoms with Crippen LogP contribution in [-0.2, 0) is 18.4 Å². The topological polar surface area (TPSA) is 89.8 Å². The fourth-order valence-electron chi connectivity index (χ4n) is 4.53. The molecule has 34 heavy (non-hydrogen) atoms. The van der Waals surface area contributed by atoms with Crippen molar-refractivity contribution in [1.29, 1.82) is 0 Å². The van der Waals surface area contributed by atoms with Gasteiger partial charge in [0.05, 0.1) is 36.7 Å². The molecule has 9 nitrogen and oxygen atoms in total. The summed E-state index contributed by atoms with van der Waals surface area (Å²) in [4.78, 5) is 31.6. The van der Waals surface area contributed by atoms with Crippen LogP contribution in [0, 0.1) is 0 Å². The van der Waals surface area contributed by atoms with E-state index in [0.717, 1.165) is 29.5 Å². The molecule has 0 radical (unpaired) electrons. The van der Waals surface area contributed by atoms with E-state index in [2.05, 4.69) is 10.1 Å². The third-order valence-electron chi connectivity index (χ3n) is 6.48. The number of pyridine rings is 1. The Bertz CT molecular complexity index is 1400. The smallest absolute Gasteiger partial charge is 0.414 e. The van der Waals surface area contributed by atoms with Gasteiger partial charge >= 0.3 is 6.09 Å². The standard InChI is InChI=1S/C25H25N5O4/c1-28-11-18(8-27-28)24(31)30-12-19(13-30)34-22-10-26-9-20(23(22)15-3-4-15)16-5-6-21-17(7-16)14-33-25(32)29(21)2/h5-11,15,19H,3-4,12-14H2,1-2H3/i2D3. The zero-order chi connectivity index (χ0) is 25.9. The summed E-state index contributed by atoms with van der Waals surface area (Å²) in [5, 5.41) is 4.06. The molecule has 1 saturated heterocycles. The van der Waals surface area contributed by atoms with Gasteiger partial charge in [-0.25, -0.2) is 4.79 Å². The second-order valence-electron chi connectivity index (χ2n) is 8.96. The lowest BCUT2D eigenvalue weighted by Gasteiger charge is -2.39. The van der Waals surface area contributed by atoms with Crippen LogP contribution in [0.4, 0.5) is 10.5 Å². The molecule has 0 N–H and O–H groups in total. The lowest BCUT2D eigenvalue weighted by molar-refractivity contribution is 0.0173. The van der Waals surface area contributed by atoms with Crippen LogP contribution < -0.4 is 9.64 Å². The minimum Gasteiger partial charge on any atom is -0.485 e. The number of amides is 2. The van der Waals surface area contributed by atoms with Crippen LogP contribution in [0.3, 0.4) is 0 Å². The van der Waals surface area contributed by atoms with Crippen molar-refractivity contribution in [2.75, 3.05) is 25.0 Å². The minimum absolute atomic E-state index is 0.000159. The number of ether oxygens (including phenoxy) is 2. The molecular weight excluding hydrogens is 434 g/mol. The number of cyclic esters (lactones) is 1. The maximum Gasteiger partial charge on any atom is 0.414 e. The monoisotopic (exact) mass is 462 g/mol. The summed E-state index contributed by atoms with van der Waals surface area (Å²) in [5.74, 6) is 0.976. The average molecular weight is 463 g/mol. The quantitative estimate of drug-likeness (QED) is 0.578. The van der Waals surface area contributed by atoms with E-state index in [0.29, 0.717) is 46.5 Å². The summed E-state index contributed by atoms with van der Waals surface area (Å²) in [7, 11) is 1.77. The molecule has 1 aromatic carbocycles. The Labute approximate surface area is 201 Å². The molecule has 174 valence electrons. The van der Waals surface area contributed by atoms with Gasteiger partial charge in [0.1, 0.15) is 18.5 Å². The van der Waals surface area contributed by atoms with Gasteiger partial charge in [-0.05, 0) is 36.5 Å². The molecule has 1 aliphatic carbocycles. The number of anilines is 1. The van der Waals surface area contributed by atoms with Gasteiger partial charge in [-0.1, -0.05) is 6.07 Å². The summed E-state index contributed by atoms with van der Waals surface area (Å²) in [5.41, 5.74) is 4.31. The molecule has 3 aromatic rings. The number of aryl methyl sites for hydroxylation is 1. The van der Waals surface area contributed by atoms with Gasteiger partial charge in [0.25, 0.3) is 5.91 Å². The second kappa shape index (κ2) is 7.86. The van der Waals surface area contributed by atoms with Crippen LogP contribution in [0.1, 0.15) is 44.4 Å². The number of fused-ring (bicyclic) bond motifs is 1. The number of likely N-dealkylation sites (tertiary alicyclic amines) is 1. The Balaban J connectivity index is 1.24. The van der Waals surface area contributed by atoms with Crippen molar-refractivity contribution in [3.05, 3.63) is 59.7 Å². The molecule has 0 atom stereocenters. The van der Waals surface area contributed by atoms with Crippen LogP contribution in [-0.4, -0.2) is 57.8 Å². The van der Waals surface area contributed by atoms with Crippen molar-refractivity contribution < 1.29 is 23.2 Å². The summed E-state index contributed by atoms with van der Waals surface area (Å²) >= 11 is 0. The lowest BCUT2D eigenvalue weighted by atomic mass is 9.95. The Morgan fingerprint density at radius 1 is 1.24 bits per heavy atom. The molecule has 2 fully saturated rings. The van der Waals surface area contributed by atoms with Crippen molar-refractivity contribution in [3.63, 3.8) is 0 Å². The SMILES string of the molecule is [2H]C([2H])([2H])N1C(=O)OCc2cc(-c3cncc(OC4CN(C(=O)c5cnn(C)c5)C4)c3C3CC3)ccc21. The summed E-state index contributed by atoms with van der Waals surface area (Å²) < 4.78 is 36.2. The highest BCUT2D eigenvalue weighted by atomic mass is 16.6. The van der Waals surface area contributed by atoms with E-state index >= 15 is 0 Å². The molecule has 0 bridgehead atoms. The fraction of sp³-hybridized carbons (Fsp3) is 0.360. The van der Waals surface area contributed by atoms with E-state index in [4.69, 9.17) is 13.6 Å². The van der Waals surface area contributed by atoms with Crippen LogP contribution in [0.2, 0.25) is 0 Å². The maximum atomic E-state index is 12.6. The molecule has 0 unspecified atom stereocenters. The van der Waals surface area contributed by atoms with E-state index in [1.807, 2.05) is 6.07 Å². The predicted molar refractivity (Wildman–Crippen MR) is 124 cm³/mol. The molecule has 4 heterocycles. The van der Waals surface area contributed by atoms with Gasteiger partial charge in [-0.3, -0.25) is 19.4 Å². The van der Waals surface area contributed by atoms with Crippen LogP contribution in [0.25, 0.3) is 11.1 Å². The van der Waals surface area contributed by atoms with Gasteiger partial charge in [0.2, 0.25) is 0 Å². The predicted octanol–water partition coefficient (Wildman–Crippen LogP) is 3.35. The van der Waals surface area contributed by atoms with Crippen LogP contribution in [0.15, 0.2) is 43.0 Å². The van der Waals surface area contributed by atoms with Crippen molar-refractivity contribution in [3.8, 4) is 16.9 Å². The second-order valence-corrected chi connectivity index (χ2v) is 8.96. The van der Waals surface area contributed by atoms with E-state index in [1.54, 1.807) is 53.5 Å². The first kappa shape index (κ1) is 17.6. The van der Waals surface area contributed by atoms with E-state index < -0.39 is 13.1 Å². The molecule has 2 amide bonds. The number of nitrogens with zero attached hydrogens (tertiary/aromatic N) is 5. The minimum atomic E-state index is -2.64. The molecular formula is C25H25N5O4. The number of hydrogen-bond acceptors (Lipinski definition) is 6. The average Bonchev–Trinajstić information content (AvgIpc) is 3.58. The highest BCUT2D eigenvalue weighted by Gasteiger charge is 2.36. The summed E-state index contributed by atoms with van der Waals surface area (Å²) in [6, 6.07) is 5.31. The highest BCUT2D eigenvalue weighted by molar-refractivity contribution is 5.94. The van der Waals surface area contributed by atoms with Gasteiger partial charge in [-0.2, -0.15) is 5.10 Å². The van der Waals surface area contributed by atoms with Crippen molar-refractivity contribution in [1.82, 2.24) is 19.7 Å². The maximum absolute atomic E-state index is 12.6. The molecule has 3 aliphatic rings. The van der Waals surface area contributed by atoms with Gasteiger partial charge < -0.3 is 14.4 Å². The first-order valence-corrected chi connectivity index (χ1v) is 11.2. The third kappa shape index (κ3) is 3.57. The van der Waals surface area contributed by atoms with Crippen molar-refractivity contribution in [2.24, 2.45) is 7.05 Å². The van der Waals surface area contributed by atoms with Gasteiger partial charge in [-0.15, -0.1) is 0 Å². The van der Waals surface area contributed by atoms with E-state index in [9.17, 15) is 9.59 Å². The van der Waals surface area contributed by atoms with Crippen LogP contribution in [0.5, 0.6) is 5.75 Å². The number of hydrogen-bond donors (Lipinski definition) is 0. The largest absolute Gasteiger partial charge is 0.485 e. The Kier molecular flexibility index (Phi) is 4.06. The van der Waals surface area contributed by atoms with Crippen molar-refractivity contribution in [2.45, 2.75) is 31.5 Å². The Morgan fingerprint density at radius 2 is 2.09 bits per heavy atom. The zero-order valence-electron chi connectivity index (χ0n) is 21.6. The molecule has 2 aromatic heterocycles. The highest BCUT2D eigenvalue weighted by Crippen LogP contribution is 2.49. The van der Waals surface area contributed by atoms with Gasteiger partial charge in [0, 0.05) is 47.2 Å². The molecule has 9 heteroatoms. The van der Waals surface area contributed by atoms with Gasteiger partial charge in [0.15, 0.2) is 0 Å². The summed E-state index contributed by atoms with van der Waals surface area (Å²) in [6.45, 7) is -1.67. The lowest BCUT2D eigenvalue weighted by Crippen LogP contribution is -2.56. The van der Waals surface area contributed by atoms with E-state index in [1.165, 1.54) is 0 Å². The van der Waals surface area contributed by atoms with Crippen molar-refractivity contribution >= 4 is 17.7 Å².